The Bertz CT molecular complexity index is 706. The van der Waals surface area contributed by atoms with Crippen molar-refractivity contribution in [3.8, 4) is 5.75 Å². The maximum absolute atomic E-state index is 12.6. The average Bonchev–Trinajstić information content (AvgIpc) is 3.17. The van der Waals surface area contributed by atoms with Gasteiger partial charge in [0.25, 0.3) is 5.91 Å². The molecule has 25 heavy (non-hydrogen) atoms. The lowest BCUT2D eigenvalue weighted by Gasteiger charge is -2.21. The van der Waals surface area contributed by atoms with Crippen LogP contribution in [0.4, 0.5) is 11.4 Å². The van der Waals surface area contributed by atoms with Crippen LogP contribution in [0.15, 0.2) is 48.5 Å². The van der Waals surface area contributed by atoms with Crippen LogP contribution in [0.3, 0.4) is 0 Å². The average molecular weight is 338 g/mol. The van der Waals surface area contributed by atoms with E-state index in [0.717, 1.165) is 36.6 Å². The molecule has 1 aliphatic heterocycles. The van der Waals surface area contributed by atoms with E-state index in [4.69, 9.17) is 4.74 Å². The summed E-state index contributed by atoms with van der Waals surface area (Å²) in [7, 11) is 0. The number of hydrogen-bond donors (Lipinski definition) is 1. The van der Waals surface area contributed by atoms with Crippen molar-refractivity contribution in [1.82, 2.24) is 0 Å². The molecule has 2 aromatic rings. The van der Waals surface area contributed by atoms with Gasteiger partial charge in [0.2, 0.25) is 0 Å². The minimum Gasteiger partial charge on any atom is -0.491 e. The van der Waals surface area contributed by atoms with E-state index in [1.165, 1.54) is 12.8 Å². The highest BCUT2D eigenvalue weighted by Gasteiger charge is 2.17. The van der Waals surface area contributed by atoms with Crippen molar-refractivity contribution >= 4 is 17.3 Å². The number of para-hydroxylation sites is 2. The molecule has 0 radical (unpaired) electrons. The molecule has 1 fully saturated rings. The van der Waals surface area contributed by atoms with E-state index < -0.39 is 0 Å². The van der Waals surface area contributed by atoms with Gasteiger partial charge in [-0.25, -0.2) is 0 Å². The van der Waals surface area contributed by atoms with Crippen molar-refractivity contribution in [2.75, 3.05) is 23.3 Å². The Morgan fingerprint density at radius 1 is 1.12 bits per heavy atom. The molecule has 1 atom stereocenters. The van der Waals surface area contributed by atoms with Gasteiger partial charge in [-0.15, -0.1) is 0 Å². The van der Waals surface area contributed by atoms with Crippen LogP contribution in [-0.4, -0.2) is 25.1 Å². The quantitative estimate of drug-likeness (QED) is 0.829. The number of benzene rings is 2. The van der Waals surface area contributed by atoms with Gasteiger partial charge in [0, 0.05) is 18.7 Å². The number of hydrogen-bond acceptors (Lipinski definition) is 3. The van der Waals surface area contributed by atoms with E-state index in [0.29, 0.717) is 5.56 Å². The van der Waals surface area contributed by atoms with Gasteiger partial charge in [-0.3, -0.25) is 4.79 Å². The molecule has 2 aromatic carbocycles. The van der Waals surface area contributed by atoms with Crippen molar-refractivity contribution < 1.29 is 9.53 Å². The molecule has 1 amide bonds. The number of ether oxygens (including phenoxy) is 1. The van der Waals surface area contributed by atoms with Gasteiger partial charge in [-0.05, 0) is 62.6 Å². The lowest BCUT2D eigenvalue weighted by molar-refractivity contribution is 0.102. The largest absolute Gasteiger partial charge is 0.491 e. The van der Waals surface area contributed by atoms with Gasteiger partial charge in [0.15, 0.2) is 0 Å². The summed E-state index contributed by atoms with van der Waals surface area (Å²) in [5.41, 5.74) is 2.60. The molecule has 0 unspecified atom stereocenters. The Morgan fingerprint density at radius 3 is 2.48 bits per heavy atom. The van der Waals surface area contributed by atoms with Crippen LogP contribution in [0.5, 0.6) is 5.75 Å². The predicted molar refractivity (Wildman–Crippen MR) is 103 cm³/mol. The van der Waals surface area contributed by atoms with Crippen molar-refractivity contribution in [2.45, 2.75) is 39.2 Å². The smallest absolute Gasteiger partial charge is 0.255 e. The molecule has 132 valence electrons. The molecule has 4 nitrogen and oxygen atoms in total. The van der Waals surface area contributed by atoms with E-state index >= 15 is 0 Å². The number of carbonyl (C=O) groups is 1. The van der Waals surface area contributed by atoms with Crippen LogP contribution in [0.1, 0.15) is 43.5 Å². The molecule has 4 heteroatoms. The molecule has 0 spiro atoms. The summed E-state index contributed by atoms with van der Waals surface area (Å²) in [6, 6.07) is 15.3. The number of carbonyl (C=O) groups excluding carboxylic acids is 1. The zero-order valence-corrected chi connectivity index (χ0v) is 15.0. The summed E-state index contributed by atoms with van der Waals surface area (Å²) in [6.45, 7) is 6.23. The number of rotatable bonds is 6. The Hall–Kier alpha value is -2.49. The normalized spacial score (nSPS) is 15.0. The zero-order chi connectivity index (χ0) is 17.6. The van der Waals surface area contributed by atoms with Crippen LogP contribution < -0.4 is 15.0 Å². The zero-order valence-electron chi connectivity index (χ0n) is 15.0. The van der Waals surface area contributed by atoms with Crippen LogP contribution in [-0.2, 0) is 0 Å². The summed E-state index contributed by atoms with van der Waals surface area (Å²) in [5, 5.41) is 3.05. The maximum atomic E-state index is 12.6. The summed E-state index contributed by atoms with van der Waals surface area (Å²) < 4.78 is 5.76. The third-order valence-electron chi connectivity index (χ3n) is 4.63. The van der Waals surface area contributed by atoms with E-state index in [2.05, 4.69) is 23.2 Å². The standard InChI is InChI=1S/C21H26N2O2/c1-3-16(2)25-18-12-10-17(11-13-18)21(24)22-19-8-4-5-9-20(19)23-14-6-7-15-23/h4-5,8-13,16H,3,6-7,14-15H2,1-2H3,(H,22,24)/t16-/m1/s1. The summed E-state index contributed by atoms with van der Waals surface area (Å²) in [4.78, 5) is 14.9. The van der Waals surface area contributed by atoms with Crippen LogP contribution in [0.25, 0.3) is 0 Å². The third kappa shape index (κ3) is 4.32. The predicted octanol–water partition coefficient (Wildman–Crippen LogP) is 4.72. The number of nitrogens with one attached hydrogen (secondary N) is 1. The molecule has 0 aliphatic carbocycles. The Balaban J connectivity index is 1.70. The van der Waals surface area contributed by atoms with Gasteiger partial charge in [0.05, 0.1) is 17.5 Å². The second-order valence-corrected chi connectivity index (χ2v) is 6.53. The van der Waals surface area contributed by atoms with Crippen LogP contribution in [0.2, 0.25) is 0 Å². The van der Waals surface area contributed by atoms with Crippen molar-refractivity contribution in [3.63, 3.8) is 0 Å². The monoisotopic (exact) mass is 338 g/mol. The first-order valence-electron chi connectivity index (χ1n) is 9.09. The van der Waals surface area contributed by atoms with Crippen molar-refractivity contribution in [2.24, 2.45) is 0 Å². The number of nitrogens with zero attached hydrogens (tertiary/aromatic N) is 1. The fourth-order valence-electron chi connectivity index (χ4n) is 3.01. The molecular weight excluding hydrogens is 312 g/mol. The Morgan fingerprint density at radius 2 is 1.80 bits per heavy atom. The first-order valence-corrected chi connectivity index (χ1v) is 9.09. The van der Waals surface area contributed by atoms with Crippen molar-refractivity contribution in [3.05, 3.63) is 54.1 Å². The van der Waals surface area contributed by atoms with Gasteiger partial charge in [-0.2, -0.15) is 0 Å². The molecule has 1 N–H and O–H groups in total. The molecule has 3 rings (SSSR count). The van der Waals surface area contributed by atoms with Gasteiger partial charge < -0.3 is 15.0 Å². The van der Waals surface area contributed by atoms with Gasteiger partial charge >= 0.3 is 0 Å². The minimum absolute atomic E-state index is 0.0956. The first kappa shape index (κ1) is 17.3. The lowest BCUT2D eigenvalue weighted by Crippen LogP contribution is -2.21. The first-order chi connectivity index (χ1) is 12.2. The van der Waals surface area contributed by atoms with E-state index in [1.807, 2.05) is 49.4 Å². The maximum Gasteiger partial charge on any atom is 0.255 e. The molecular formula is C21H26N2O2. The Labute approximate surface area is 149 Å². The highest BCUT2D eigenvalue weighted by molar-refractivity contribution is 6.06. The summed E-state index contributed by atoms with van der Waals surface area (Å²) in [6.07, 6.45) is 3.54. The van der Waals surface area contributed by atoms with E-state index in [1.54, 1.807) is 0 Å². The van der Waals surface area contributed by atoms with E-state index in [-0.39, 0.29) is 12.0 Å². The highest BCUT2D eigenvalue weighted by Crippen LogP contribution is 2.29. The Kier molecular flexibility index (Phi) is 5.59. The molecule has 1 heterocycles. The molecule has 0 bridgehead atoms. The SMILES string of the molecule is CC[C@@H](C)Oc1ccc(C(=O)Nc2ccccc2N2CCCC2)cc1. The lowest BCUT2D eigenvalue weighted by atomic mass is 10.2. The van der Waals surface area contributed by atoms with Crippen molar-refractivity contribution in [1.29, 1.82) is 0 Å². The number of anilines is 2. The molecule has 0 saturated carbocycles. The molecule has 1 saturated heterocycles. The third-order valence-corrected chi connectivity index (χ3v) is 4.63. The second-order valence-electron chi connectivity index (χ2n) is 6.53. The van der Waals surface area contributed by atoms with Gasteiger partial charge in [-0.1, -0.05) is 19.1 Å². The summed E-state index contributed by atoms with van der Waals surface area (Å²) >= 11 is 0. The summed E-state index contributed by atoms with van der Waals surface area (Å²) in [5.74, 6) is 0.699. The molecule has 1 aliphatic rings. The van der Waals surface area contributed by atoms with E-state index in [9.17, 15) is 4.79 Å². The fourth-order valence-corrected chi connectivity index (χ4v) is 3.01. The number of amides is 1. The fraction of sp³-hybridized carbons (Fsp3) is 0.381. The minimum atomic E-state index is -0.0956. The van der Waals surface area contributed by atoms with Gasteiger partial charge in [0.1, 0.15) is 5.75 Å². The van der Waals surface area contributed by atoms with Crippen LogP contribution >= 0.6 is 0 Å². The second kappa shape index (κ2) is 8.06. The topological polar surface area (TPSA) is 41.6 Å². The highest BCUT2D eigenvalue weighted by atomic mass is 16.5. The van der Waals surface area contributed by atoms with Crippen LogP contribution in [0, 0.1) is 0 Å². The molecule has 0 aromatic heterocycles.